The standard InChI is InChI=1S/C7H7FO/c8-7-3-1-6(5-9)2-4-7/h1,3-6H,2H2/i6D. The smallest absolute Gasteiger partial charge is 0.127 e. The molecule has 0 saturated carbocycles. The summed E-state index contributed by atoms with van der Waals surface area (Å²) in [6.07, 6.45) is 4.28. The lowest BCUT2D eigenvalue weighted by Crippen LogP contribution is -1.98. The molecule has 0 radical (unpaired) electrons. The van der Waals surface area contributed by atoms with Crippen LogP contribution in [0.3, 0.4) is 0 Å². The highest BCUT2D eigenvalue weighted by molar-refractivity contribution is 5.58. The van der Waals surface area contributed by atoms with E-state index < -0.39 is 5.89 Å². The van der Waals surface area contributed by atoms with Crippen molar-refractivity contribution < 1.29 is 10.6 Å². The summed E-state index contributed by atoms with van der Waals surface area (Å²) in [5.74, 6) is -1.60. The van der Waals surface area contributed by atoms with Gasteiger partial charge in [0, 0.05) is 7.26 Å². The minimum atomic E-state index is -1.23. The summed E-state index contributed by atoms with van der Waals surface area (Å²) >= 11 is 0. The first-order valence-corrected chi connectivity index (χ1v) is 2.67. The van der Waals surface area contributed by atoms with Crippen molar-refractivity contribution in [3.63, 3.8) is 0 Å². The average Bonchev–Trinajstić information content (AvgIpc) is 1.96. The van der Waals surface area contributed by atoms with Crippen LogP contribution in [0.1, 0.15) is 7.79 Å². The van der Waals surface area contributed by atoms with Crippen molar-refractivity contribution in [1.82, 2.24) is 0 Å². The molecule has 0 bridgehead atoms. The fourth-order valence-corrected chi connectivity index (χ4v) is 0.625. The Bertz CT molecular complexity index is 210. The molecule has 0 N–H and O–H groups in total. The molecule has 0 spiro atoms. The second kappa shape index (κ2) is 2.58. The zero-order valence-electron chi connectivity index (χ0n) is 5.80. The van der Waals surface area contributed by atoms with Crippen molar-refractivity contribution in [2.24, 2.45) is 5.89 Å². The molecule has 9 heavy (non-hydrogen) atoms. The number of hydrogen-bond acceptors (Lipinski definition) is 1. The van der Waals surface area contributed by atoms with Gasteiger partial charge in [-0.1, -0.05) is 6.08 Å². The number of carbonyl (C=O) groups is 1. The highest BCUT2D eigenvalue weighted by atomic mass is 19.1. The Morgan fingerprint density at radius 2 is 2.78 bits per heavy atom. The van der Waals surface area contributed by atoms with Crippen LogP contribution in [-0.2, 0) is 4.79 Å². The number of halogens is 1. The van der Waals surface area contributed by atoms with Crippen molar-refractivity contribution in [3.8, 4) is 0 Å². The maximum atomic E-state index is 12.2. The summed E-state index contributed by atoms with van der Waals surface area (Å²) in [5, 5.41) is 0. The molecule has 0 aromatic carbocycles. The Hall–Kier alpha value is -0.920. The molecule has 0 fully saturated rings. The van der Waals surface area contributed by atoms with Crippen molar-refractivity contribution in [3.05, 3.63) is 24.1 Å². The molecule has 1 rings (SSSR count). The van der Waals surface area contributed by atoms with E-state index in [0.717, 1.165) is 6.08 Å². The molecule has 0 aromatic rings. The van der Waals surface area contributed by atoms with Gasteiger partial charge in [-0.2, -0.15) is 0 Å². The molecule has 1 unspecified atom stereocenters. The Kier molecular flexibility index (Phi) is 1.41. The molecule has 0 heterocycles. The van der Waals surface area contributed by atoms with Gasteiger partial charge in [-0.3, -0.25) is 0 Å². The maximum absolute atomic E-state index is 12.2. The Balaban J connectivity index is 2.76. The van der Waals surface area contributed by atoms with Crippen LogP contribution in [0.4, 0.5) is 4.39 Å². The Morgan fingerprint density at radius 3 is 3.22 bits per heavy atom. The van der Waals surface area contributed by atoms with Crippen LogP contribution in [0.2, 0.25) is 0 Å². The Labute approximate surface area is 54.3 Å². The van der Waals surface area contributed by atoms with Crippen LogP contribution >= 0.6 is 0 Å². The van der Waals surface area contributed by atoms with Crippen LogP contribution in [-0.4, -0.2) is 6.29 Å². The second-order valence-electron chi connectivity index (χ2n) is 1.82. The van der Waals surface area contributed by atoms with E-state index in [9.17, 15) is 9.18 Å². The van der Waals surface area contributed by atoms with Gasteiger partial charge in [-0.15, -0.1) is 0 Å². The van der Waals surface area contributed by atoms with Crippen LogP contribution in [0, 0.1) is 5.89 Å². The topological polar surface area (TPSA) is 17.1 Å². The molecule has 1 nitrogen and oxygen atoms in total. The summed E-state index contributed by atoms with van der Waals surface area (Å²) in [6.45, 7) is 0. The molecule has 2 heteroatoms. The average molecular weight is 127 g/mol. The lowest BCUT2D eigenvalue weighted by Gasteiger charge is -2.03. The molecule has 48 valence electrons. The highest BCUT2D eigenvalue weighted by Gasteiger charge is 2.05. The minimum Gasteiger partial charge on any atom is -0.303 e. The van der Waals surface area contributed by atoms with Crippen molar-refractivity contribution in [1.29, 1.82) is 0 Å². The Morgan fingerprint density at radius 1 is 2.00 bits per heavy atom. The fourth-order valence-electron chi connectivity index (χ4n) is 0.625. The van der Waals surface area contributed by atoms with E-state index >= 15 is 0 Å². The van der Waals surface area contributed by atoms with Crippen LogP contribution in [0.5, 0.6) is 0 Å². The third-order valence-corrected chi connectivity index (χ3v) is 1.14. The van der Waals surface area contributed by atoms with E-state index in [-0.39, 0.29) is 12.2 Å². The van der Waals surface area contributed by atoms with Gasteiger partial charge in [0.15, 0.2) is 0 Å². The van der Waals surface area contributed by atoms with E-state index in [1.165, 1.54) is 12.2 Å². The maximum Gasteiger partial charge on any atom is 0.127 e. The zero-order valence-corrected chi connectivity index (χ0v) is 4.80. The molecule has 0 aromatic heterocycles. The van der Waals surface area contributed by atoms with Gasteiger partial charge in [0.25, 0.3) is 0 Å². The van der Waals surface area contributed by atoms with E-state index in [4.69, 9.17) is 1.37 Å². The number of aldehydes is 1. The van der Waals surface area contributed by atoms with E-state index in [1.54, 1.807) is 0 Å². The van der Waals surface area contributed by atoms with Crippen LogP contribution < -0.4 is 0 Å². The SMILES string of the molecule is [2H]C1(C=O)C=CC(F)=CC1. The molecular formula is C7H7FO. The van der Waals surface area contributed by atoms with Gasteiger partial charge >= 0.3 is 0 Å². The monoisotopic (exact) mass is 127 g/mol. The predicted molar refractivity (Wildman–Crippen MR) is 32.5 cm³/mol. The zero-order chi connectivity index (χ0) is 7.61. The summed E-state index contributed by atoms with van der Waals surface area (Å²) < 4.78 is 19.5. The molecule has 0 saturated heterocycles. The van der Waals surface area contributed by atoms with Gasteiger partial charge in [0.2, 0.25) is 0 Å². The summed E-state index contributed by atoms with van der Waals surface area (Å²) in [7, 11) is 0. The number of allylic oxidation sites excluding steroid dienone is 4. The summed E-state index contributed by atoms with van der Waals surface area (Å²) in [4.78, 5) is 10.2. The molecule has 1 aliphatic rings. The van der Waals surface area contributed by atoms with Crippen molar-refractivity contribution >= 4 is 6.29 Å². The third kappa shape index (κ3) is 1.49. The lowest BCUT2D eigenvalue weighted by molar-refractivity contribution is -0.109. The van der Waals surface area contributed by atoms with Crippen molar-refractivity contribution in [2.75, 3.05) is 0 Å². The molecule has 1 aliphatic carbocycles. The van der Waals surface area contributed by atoms with Gasteiger partial charge in [-0.25, -0.2) is 4.39 Å². The number of hydrogen-bond donors (Lipinski definition) is 0. The largest absolute Gasteiger partial charge is 0.303 e. The number of rotatable bonds is 1. The number of carbonyl (C=O) groups excluding carboxylic acids is 1. The van der Waals surface area contributed by atoms with E-state index in [1.807, 2.05) is 0 Å². The normalized spacial score (nSPS) is 35.2. The van der Waals surface area contributed by atoms with Gasteiger partial charge in [-0.05, 0) is 18.6 Å². The lowest BCUT2D eigenvalue weighted by atomic mass is 10.0. The predicted octanol–water partition coefficient (Wildman–Crippen LogP) is 1.61. The second-order valence-corrected chi connectivity index (χ2v) is 1.82. The third-order valence-electron chi connectivity index (χ3n) is 1.14. The van der Waals surface area contributed by atoms with E-state index in [2.05, 4.69) is 0 Å². The van der Waals surface area contributed by atoms with Crippen LogP contribution in [0.25, 0.3) is 0 Å². The first-order chi connectivity index (χ1) is 4.66. The van der Waals surface area contributed by atoms with Gasteiger partial charge in [0.05, 0.1) is 0 Å². The van der Waals surface area contributed by atoms with Gasteiger partial charge < -0.3 is 4.79 Å². The fraction of sp³-hybridized carbons (Fsp3) is 0.286. The first-order valence-electron chi connectivity index (χ1n) is 3.17. The molecule has 0 aliphatic heterocycles. The molecular weight excluding hydrogens is 119 g/mol. The summed E-state index contributed by atoms with van der Waals surface area (Å²) in [5.41, 5.74) is 0. The van der Waals surface area contributed by atoms with E-state index in [0.29, 0.717) is 6.29 Å². The van der Waals surface area contributed by atoms with Gasteiger partial charge in [0.1, 0.15) is 12.1 Å². The first kappa shape index (κ1) is 4.91. The summed E-state index contributed by atoms with van der Waals surface area (Å²) in [6, 6.07) is 0. The highest BCUT2D eigenvalue weighted by Crippen LogP contribution is 2.14. The van der Waals surface area contributed by atoms with Crippen LogP contribution in [0.15, 0.2) is 24.1 Å². The molecule has 1 atom stereocenters. The van der Waals surface area contributed by atoms with Crippen molar-refractivity contribution in [2.45, 2.75) is 6.42 Å². The molecule has 0 amide bonds. The minimum absolute atomic E-state index is 0.138. The quantitative estimate of drug-likeness (QED) is 0.489.